The summed E-state index contributed by atoms with van der Waals surface area (Å²) in [5.74, 6) is 0. The molecule has 1 nitrogen and oxygen atoms in total. The zero-order valence-corrected chi connectivity index (χ0v) is 22.5. The van der Waals surface area contributed by atoms with Crippen molar-refractivity contribution < 1.29 is 0 Å². The van der Waals surface area contributed by atoms with Gasteiger partial charge in [-0.1, -0.05) is 133 Å². The first-order valence-electron chi connectivity index (χ1n) is 14.1. The molecule has 0 atom stereocenters. The van der Waals surface area contributed by atoms with Crippen LogP contribution in [0.2, 0.25) is 0 Å². The summed E-state index contributed by atoms with van der Waals surface area (Å²) in [6.07, 6.45) is 0. The van der Waals surface area contributed by atoms with Crippen molar-refractivity contribution in [3.05, 3.63) is 164 Å². The van der Waals surface area contributed by atoms with Gasteiger partial charge in [0.05, 0.1) is 11.4 Å². The Morgan fingerprint density at radius 1 is 0.341 bits per heavy atom. The largest absolute Gasteiger partial charge is 0.309 e. The molecule has 41 heavy (non-hydrogen) atoms. The molecule has 0 saturated carbocycles. The summed E-state index contributed by atoms with van der Waals surface area (Å²) in [6, 6.07) is 59.2. The van der Waals surface area contributed by atoms with Crippen molar-refractivity contribution in [3.63, 3.8) is 0 Å². The van der Waals surface area contributed by atoms with E-state index in [1.54, 1.807) is 0 Å². The molecule has 0 N–H and O–H groups in total. The number of rotatable bonds is 4. The summed E-state index contributed by atoms with van der Waals surface area (Å²) in [4.78, 5) is 2.43. The molecular weight excluding hydrogens is 494 g/mol. The molecule has 0 heterocycles. The zero-order valence-electron chi connectivity index (χ0n) is 22.5. The van der Waals surface area contributed by atoms with E-state index in [-0.39, 0.29) is 0 Å². The van der Waals surface area contributed by atoms with Crippen LogP contribution in [-0.4, -0.2) is 0 Å². The van der Waals surface area contributed by atoms with E-state index in [4.69, 9.17) is 0 Å². The third-order valence-corrected chi connectivity index (χ3v) is 8.19. The van der Waals surface area contributed by atoms with Gasteiger partial charge < -0.3 is 4.90 Å². The minimum absolute atomic E-state index is 1.14. The molecule has 0 amide bonds. The lowest BCUT2D eigenvalue weighted by Gasteiger charge is -2.29. The number of anilines is 3. The second-order valence-corrected chi connectivity index (χ2v) is 10.5. The Morgan fingerprint density at radius 3 is 1.66 bits per heavy atom. The molecule has 8 aromatic carbocycles. The lowest BCUT2D eigenvalue weighted by molar-refractivity contribution is 1.32. The van der Waals surface area contributed by atoms with Crippen LogP contribution in [0.5, 0.6) is 0 Å². The van der Waals surface area contributed by atoms with Crippen LogP contribution in [0, 0.1) is 0 Å². The topological polar surface area (TPSA) is 3.24 Å². The molecule has 0 saturated heterocycles. The van der Waals surface area contributed by atoms with E-state index in [1.165, 1.54) is 65.6 Å². The Labute approximate surface area is 239 Å². The molecule has 8 rings (SSSR count). The number of para-hydroxylation sites is 1. The van der Waals surface area contributed by atoms with Crippen LogP contribution in [0.15, 0.2) is 164 Å². The number of benzene rings is 8. The van der Waals surface area contributed by atoms with Gasteiger partial charge >= 0.3 is 0 Å². The van der Waals surface area contributed by atoms with Gasteiger partial charge in [-0.25, -0.2) is 0 Å². The van der Waals surface area contributed by atoms with E-state index < -0.39 is 0 Å². The molecule has 0 aromatic heterocycles. The van der Waals surface area contributed by atoms with Crippen LogP contribution in [0.3, 0.4) is 0 Å². The molecule has 1 heteroatoms. The molecule has 8 aromatic rings. The zero-order chi connectivity index (χ0) is 27.2. The second kappa shape index (κ2) is 9.66. The van der Waals surface area contributed by atoms with Crippen LogP contribution in [0.1, 0.15) is 0 Å². The Kier molecular flexibility index (Phi) is 5.53. The SMILES string of the molecule is c1ccc(-c2cc3cc(N(c4ccccc4)c4cccc5ccccc45)c4ccccc4c3c3ccccc23)cc1. The van der Waals surface area contributed by atoms with Gasteiger partial charge in [-0.05, 0) is 73.8 Å². The van der Waals surface area contributed by atoms with Crippen molar-refractivity contribution in [1.29, 1.82) is 0 Å². The summed E-state index contributed by atoms with van der Waals surface area (Å²) in [5.41, 5.74) is 5.96. The summed E-state index contributed by atoms with van der Waals surface area (Å²) in [6.45, 7) is 0. The predicted octanol–water partition coefficient (Wildman–Crippen LogP) is 11.4. The maximum Gasteiger partial charge on any atom is 0.0546 e. The van der Waals surface area contributed by atoms with Crippen LogP contribution < -0.4 is 4.90 Å². The van der Waals surface area contributed by atoms with Gasteiger partial charge in [0.25, 0.3) is 0 Å². The van der Waals surface area contributed by atoms with Crippen molar-refractivity contribution in [2.75, 3.05) is 4.90 Å². The molecule has 0 unspecified atom stereocenters. The van der Waals surface area contributed by atoms with Crippen LogP contribution in [0.25, 0.3) is 54.2 Å². The molecule has 0 spiro atoms. The first-order chi connectivity index (χ1) is 20.4. The minimum Gasteiger partial charge on any atom is -0.309 e. The number of nitrogens with zero attached hydrogens (tertiary/aromatic N) is 1. The Balaban J connectivity index is 1.52. The fraction of sp³-hybridized carbons (Fsp3) is 0. The average molecular weight is 522 g/mol. The molecule has 0 aliphatic carbocycles. The summed E-state index contributed by atoms with van der Waals surface area (Å²) < 4.78 is 0. The van der Waals surface area contributed by atoms with Gasteiger partial charge in [0.2, 0.25) is 0 Å². The normalized spacial score (nSPS) is 11.4. The molecular formula is C40H27N. The highest BCUT2D eigenvalue weighted by atomic mass is 15.1. The molecule has 0 radical (unpaired) electrons. The van der Waals surface area contributed by atoms with Crippen LogP contribution >= 0.6 is 0 Å². The second-order valence-electron chi connectivity index (χ2n) is 10.5. The average Bonchev–Trinajstić information content (AvgIpc) is 3.05. The standard InChI is InChI=1S/C40H27N/c1-3-14-29(15-4-1)37-26-30-27-39(34-22-10-12-24-36(34)40(30)35-23-11-9-21-33(35)37)41(31-18-5-2-6-19-31)38-25-13-17-28-16-7-8-20-32(28)38/h1-27H. The monoisotopic (exact) mass is 521 g/mol. The van der Waals surface area contributed by atoms with E-state index in [2.05, 4.69) is 169 Å². The predicted molar refractivity (Wildman–Crippen MR) is 177 cm³/mol. The lowest BCUT2D eigenvalue weighted by Crippen LogP contribution is -2.11. The lowest BCUT2D eigenvalue weighted by atomic mass is 9.90. The van der Waals surface area contributed by atoms with E-state index in [9.17, 15) is 0 Å². The van der Waals surface area contributed by atoms with Crippen LogP contribution in [0.4, 0.5) is 17.1 Å². The van der Waals surface area contributed by atoms with Gasteiger partial charge in [-0.3, -0.25) is 0 Å². The van der Waals surface area contributed by atoms with Gasteiger partial charge in [-0.15, -0.1) is 0 Å². The highest BCUT2D eigenvalue weighted by Crippen LogP contribution is 2.46. The number of fused-ring (bicyclic) bond motifs is 6. The van der Waals surface area contributed by atoms with Crippen molar-refractivity contribution in [1.82, 2.24) is 0 Å². The highest BCUT2D eigenvalue weighted by Gasteiger charge is 2.20. The van der Waals surface area contributed by atoms with Gasteiger partial charge in [0, 0.05) is 16.5 Å². The molecule has 0 fully saturated rings. The number of hydrogen-bond donors (Lipinski definition) is 0. The van der Waals surface area contributed by atoms with E-state index in [1.807, 2.05) is 0 Å². The molecule has 0 bridgehead atoms. The Bertz CT molecular complexity index is 2190. The van der Waals surface area contributed by atoms with E-state index >= 15 is 0 Å². The Morgan fingerprint density at radius 2 is 0.902 bits per heavy atom. The Hall–Kier alpha value is -5.40. The van der Waals surface area contributed by atoms with Gasteiger partial charge in [0.1, 0.15) is 0 Å². The third kappa shape index (κ3) is 3.86. The molecule has 0 aliphatic rings. The van der Waals surface area contributed by atoms with Gasteiger partial charge in [0.15, 0.2) is 0 Å². The first-order valence-corrected chi connectivity index (χ1v) is 14.1. The van der Waals surface area contributed by atoms with Crippen molar-refractivity contribution in [2.45, 2.75) is 0 Å². The summed E-state index contributed by atoms with van der Waals surface area (Å²) >= 11 is 0. The molecule has 0 aliphatic heterocycles. The van der Waals surface area contributed by atoms with Crippen molar-refractivity contribution in [3.8, 4) is 11.1 Å². The molecule has 192 valence electrons. The minimum atomic E-state index is 1.14. The summed E-state index contributed by atoms with van der Waals surface area (Å²) in [7, 11) is 0. The van der Waals surface area contributed by atoms with Crippen molar-refractivity contribution in [2.24, 2.45) is 0 Å². The van der Waals surface area contributed by atoms with E-state index in [0.717, 1.165) is 5.69 Å². The maximum atomic E-state index is 2.43. The van der Waals surface area contributed by atoms with Crippen molar-refractivity contribution >= 4 is 60.2 Å². The quantitative estimate of drug-likeness (QED) is 0.208. The number of hydrogen-bond acceptors (Lipinski definition) is 1. The highest BCUT2D eigenvalue weighted by molar-refractivity contribution is 6.26. The van der Waals surface area contributed by atoms with Crippen LogP contribution in [-0.2, 0) is 0 Å². The van der Waals surface area contributed by atoms with Gasteiger partial charge in [-0.2, -0.15) is 0 Å². The first kappa shape index (κ1) is 23.5. The fourth-order valence-electron chi connectivity index (χ4n) is 6.39. The fourth-order valence-corrected chi connectivity index (χ4v) is 6.39. The van der Waals surface area contributed by atoms with E-state index in [0.29, 0.717) is 0 Å². The smallest absolute Gasteiger partial charge is 0.0546 e. The maximum absolute atomic E-state index is 2.43. The summed E-state index contributed by atoms with van der Waals surface area (Å²) in [5, 5.41) is 10.0. The third-order valence-electron chi connectivity index (χ3n) is 8.19.